The molecule has 118 valence electrons. The van der Waals surface area contributed by atoms with Crippen molar-refractivity contribution in [2.24, 2.45) is 5.92 Å². The third-order valence-electron chi connectivity index (χ3n) is 4.09. The van der Waals surface area contributed by atoms with Crippen LogP contribution in [0.3, 0.4) is 0 Å². The molecule has 0 N–H and O–H groups in total. The van der Waals surface area contributed by atoms with Crippen LogP contribution in [0.1, 0.15) is 25.5 Å². The van der Waals surface area contributed by atoms with E-state index in [9.17, 15) is 9.59 Å². The Bertz CT molecular complexity index is 583. The molecule has 2 fully saturated rings. The number of carbonyl (C=O) groups is 2. The fourth-order valence-corrected chi connectivity index (χ4v) is 2.66. The molecule has 1 aromatic carbocycles. The minimum absolute atomic E-state index is 0.147. The van der Waals surface area contributed by atoms with Crippen LogP contribution in [-0.4, -0.2) is 42.8 Å². The van der Waals surface area contributed by atoms with Gasteiger partial charge in [0.05, 0.1) is 13.2 Å². The number of ether oxygens (including phenoxy) is 3. The van der Waals surface area contributed by atoms with Gasteiger partial charge in [0.25, 0.3) is 5.91 Å². The summed E-state index contributed by atoms with van der Waals surface area (Å²) in [6, 6.07) is 7.14. The van der Waals surface area contributed by atoms with Crippen molar-refractivity contribution in [3.63, 3.8) is 0 Å². The lowest BCUT2D eigenvalue weighted by Gasteiger charge is -2.21. The van der Waals surface area contributed by atoms with E-state index >= 15 is 0 Å². The van der Waals surface area contributed by atoms with Crippen molar-refractivity contribution < 1.29 is 23.8 Å². The van der Waals surface area contributed by atoms with Crippen LogP contribution in [0, 0.1) is 5.92 Å². The van der Waals surface area contributed by atoms with Crippen LogP contribution < -0.4 is 4.74 Å². The van der Waals surface area contributed by atoms with Crippen LogP contribution in [0.2, 0.25) is 0 Å². The maximum atomic E-state index is 12.5. The number of cyclic esters (lactones) is 1. The molecule has 2 saturated heterocycles. The van der Waals surface area contributed by atoms with Crippen molar-refractivity contribution in [1.82, 2.24) is 4.90 Å². The average Bonchev–Trinajstić information content (AvgIpc) is 3.22. The molecule has 3 atom stereocenters. The normalized spacial score (nSPS) is 27.0. The van der Waals surface area contributed by atoms with E-state index in [0.717, 1.165) is 11.3 Å². The average molecular weight is 305 g/mol. The van der Waals surface area contributed by atoms with Gasteiger partial charge >= 0.3 is 6.09 Å². The van der Waals surface area contributed by atoms with Gasteiger partial charge in [0.1, 0.15) is 18.5 Å². The topological polar surface area (TPSA) is 68.4 Å². The van der Waals surface area contributed by atoms with Crippen molar-refractivity contribution in [1.29, 1.82) is 0 Å². The van der Waals surface area contributed by atoms with Crippen molar-refractivity contribution in [3.05, 3.63) is 29.8 Å². The molecule has 0 bridgehead atoms. The molecule has 0 unspecified atom stereocenters. The highest BCUT2D eigenvalue weighted by atomic mass is 16.6. The SMILES string of the molecule is COc1ccc([C@H]2O[C@@H]2C(=O)N2C(=O)OC[C@@H]2C(C)C)cc1. The zero-order valence-corrected chi connectivity index (χ0v) is 12.8. The Morgan fingerprint density at radius 3 is 2.59 bits per heavy atom. The number of carbonyl (C=O) groups excluding carboxylic acids is 2. The van der Waals surface area contributed by atoms with Gasteiger partial charge in [0.2, 0.25) is 0 Å². The number of benzene rings is 1. The van der Waals surface area contributed by atoms with Gasteiger partial charge in [0.15, 0.2) is 6.10 Å². The number of rotatable bonds is 4. The highest BCUT2D eigenvalue weighted by molar-refractivity contribution is 5.97. The van der Waals surface area contributed by atoms with Crippen LogP contribution in [0.15, 0.2) is 24.3 Å². The first-order valence-corrected chi connectivity index (χ1v) is 7.32. The first-order chi connectivity index (χ1) is 10.5. The number of epoxide rings is 1. The molecule has 0 radical (unpaired) electrons. The summed E-state index contributed by atoms with van der Waals surface area (Å²) in [5.41, 5.74) is 0.896. The number of methoxy groups -OCH3 is 1. The van der Waals surface area contributed by atoms with Crippen LogP contribution in [0.25, 0.3) is 0 Å². The summed E-state index contributed by atoms with van der Waals surface area (Å²) in [5.74, 6) is 0.575. The van der Waals surface area contributed by atoms with Crippen molar-refractivity contribution >= 4 is 12.0 Å². The summed E-state index contributed by atoms with van der Waals surface area (Å²) in [5, 5.41) is 0. The van der Waals surface area contributed by atoms with E-state index < -0.39 is 12.2 Å². The summed E-state index contributed by atoms with van der Waals surface area (Å²) >= 11 is 0. The molecule has 0 spiro atoms. The molecule has 2 heterocycles. The summed E-state index contributed by atoms with van der Waals surface area (Å²) in [7, 11) is 1.60. The lowest BCUT2D eigenvalue weighted by atomic mass is 10.0. The zero-order chi connectivity index (χ0) is 15.9. The van der Waals surface area contributed by atoms with Gasteiger partial charge in [-0.3, -0.25) is 4.79 Å². The van der Waals surface area contributed by atoms with Crippen molar-refractivity contribution in [2.45, 2.75) is 32.1 Å². The standard InChI is InChI=1S/C16H19NO5/c1-9(2)12-8-21-16(19)17(12)15(18)14-13(22-14)10-4-6-11(20-3)7-5-10/h4-7,9,12-14H,8H2,1-3H3/t12-,13-,14+/m1/s1. The predicted molar refractivity (Wildman–Crippen MR) is 77.4 cm³/mol. The van der Waals surface area contributed by atoms with Crippen LogP contribution >= 0.6 is 0 Å². The van der Waals surface area contributed by atoms with Gasteiger partial charge in [-0.25, -0.2) is 9.69 Å². The second kappa shape index (κ2) is 5.61. The smallest absolute Gasteiger partial charge is 0.417 e. The Labute approximate surface area is 128 Å². The molecule has 6 nitrogen and oxygen atoms in total. The molecule has 22 heavy (non-hydrogen) atoms. The molecule has 2 aliphatic heterocycles. The molecule has 0 aliphatic carbocycles. The largest absolute Gasteiger partial charge is 0.497 e. The number of hydrogen-bond donors (Lipinski definition) is 0. The van der Waals surface area contributed by atoms with Crippen molar-refractivity contribution in [3.8, 4) is 5.75 Å². The fraction of sp³-hybridized carbons (Fsp3) is 0.500. The highest BCUT2D eigenvalue weighted by Crippen LogP contribution is 2.41. The van der Waals surface area contributed by atoms with E-state index in [-0.39, 0.29) is 30.6 Å². The molecular weight excluding hydrogens is 286 g/mol. The van der Waals surface area contributed by atoms with E-state index in [0.29, 0.717) is 0 Å². The summed E-state index contributed by atoms with van der Waals surface area (Å²) in [6.07, 6.45) is -1.49. The second-order valence-corrected chi connectivity index (χ2v) is 5.85. The van der Waals surface area contributed by atoms with Gasteiger partial charge in [-0.2, -0.15) is 0 Å². The Morgan fingerprint density at radius 1 is 1.32 bits per heavy atom. The zero-order valence-electron chi connectivity index (χ0n) is 12.8. The maximum absolute atomic E-state index is 12.5. The number of amides is 2. The van der Waals surface area contributed by atoms with E-state index in [2.05, 4.69) is 0 Å². The number of hydrogen-bond acceptors (Lipinski definition) is 5. The maximum Gasteiger partial charge on any atom is 0.417 e. The molecule has 1 aromatic rings. The second-order valence-electron chi connectivity index (χ2n) is 5.85. The quantitative estimate of drug-likeness (QED) is 0.797. The van der Waals surface area contributed by atoms with E-state index in [1.54, 1.807) is 7.11 Å². The van der Waals surface area contributed by atoms with Crippen LogP contribution in [0.4, 0.5) is 4.79 Å². The lowest BCUT2D eigenvalue weighted by molar-refractivity contribution is -0.131. The first-order valence-electron chi connectivity index (χ1n) is 7.32. The van der Waals surface area contributed by atoms with Crippen molar-refractivity contribution in [2.75, 3.05) is 13.7 Å². The molecule has 2 aliphatic rings. The van der Waals surface area contributed by atoms with Crippen LogP contribution in [0.5, 0.6) is 5.75 Å². The summed E-state index contributed by atoms with van der Waals surface area (Å²) < 4.78 is 15.6. The number of nitrogens with zero attached hydrogens (tertiary/aromatic N) is 1. The fourth-order valence-electron chi connectivity index (χ4n) is 2.66. The molecule has 6 heteroatoms. The number of imide groups is 1. The van der Waals surface area contributed by atoms with Gasteiger partial charge < -0.3 is 14.2 Å². The minimum Gasteiger partial charge on any atom is -0.497 e. The first kappa shape index (κ1) is 14.8. The Balaban J connectivity index is 1.70. The Hall–Kier alpha value is -2.08. The van der Waals surface area contributed by atoms with Gasteiger partial charge in [-0.1, -0.05) is 26.0 Å². The lowest BCUT2D eigenvalue weighted by Crippen LogP contribution is -2.44. The van der Waals surface area contributed by atoms with E-state index in [1.165, 1.54) is 4.90 Å². The molecular formula is C16H19NO5. The van der Waals surface area contributed by atoms with Gasteiger partial charge in [-0.05, 0) is 23.6 Å². The van der Waals surface area contributed by atoms with Gasteiger partial charge in [0, 0.05) is 0 Å². The molecule has 2 amide bonds. The molecule has 3 rings (SSSR count). The third-order valence-corrected chi connectivity index (χ3v) is 4.09. The monoisotopic (exact) mass is 305 g/mol. The van der Waals surface area contributed by atoms with Crippen LogP contribution in [-0.2, 0) is 14.3 Å². The molecule has 0 aromatic heterocycles. The summed E-state index contributed by atoms with van der Waals surface area (Å²) in [4.78, 5) is 25.5. The summed E-state index contributed by atoms with van der Waals surface area (Å²) in [6.45, 7) is 4.17. The minimum atomic E-state index is -0.611. The predicted octanol–water partition coefficient (Wildman–Crippen LogP) is 2.14. The highest BCUT2D eigenvalue weighted by Gasteiger charge is 2.52. The molecule has 0 saturated carbocycles. The third kappa shape index (κ3) is 2.54. The van der Waals surface area contributed by atoms with E-state index in [1.807, 2.05) is 38.1 Å². The van der Waals surface area contributed by atoms with Gasteiger partial charge in [-0.15, -0.1) is 0 Å². The Kier molecular flexibility index (Phi) is 3.78. The van der Waals surface area contributed by atoms with E-state index in [4.69, 9.17) is 14.2 Å². The Morgan fingerprint density at radius 2 is 2.00 bits per heavy atom.